The second-order valence-corrected chi connectivity index (χ2v) is 7.63. The summed E-state index contributed by atoms with van der Waals surface area (Å²) in [6.07, 6.45) is 0. The van der Waals surface area contributed by atoms with E-state index in [2.05, 4.69) is 10.0 Å². The number of hydrogen-bond donors (Lipinski definition) is 2. The summed E-state index contributed by atoms with van der Waals surface area (Å²) >= 11 is 0. The number of sulfonamides is 1. The van der Waals surface area contributed by atoms with Gasteiger partial charge in [0.2, 0.25) is 0 Å². The summed E-state index contributed by atoms with van der Waals surface area (Å²) in [5, 5.41) is 2.65. The van der Waals surface area contributed by atoms with Gasteiger partial charge in [0.05, 0.1) is 4.90 Å². The first-order valence-corrected chi connectivity index (χ1v) is 9.73. The van der Waals surface area contributed by atoms with Crippen LogP contribution in [0.4, 0.5) is 14.5 Å². The Kier molecular flexibility index (Phi) is 5.70. The molecule has 3 aromatic carbocycles. The maximum Gasteiger partial charge on any atom is 0.261 e. The van der Waals surface area contributed by atoms with E-state index in [1.54, 1.807) is 12.1 Å². The van der Waals surface area contributed by atoms with Gasteiger partial charge < -0.3 is 5.32 Å². The Hall–Kier alpha value is -3.26. The van der Waals surface area contributed by atoms with Gasteiger partial charge in [-0.25, -0.2) is 17.2 Å². The number of nitrogens with one attached hydrogen (secondary N) is 2. The number of benzene rings is 3. The van der Waals surface area contributed by atoms with Crippen LogP contribution >= 0.6 is 0 Å². The molecule has 2 N–H and O–H groups in total. The Morgan fingerprint density at radius 1 is 0.857 bits per heavy atom. The molecule has 0 aromatic heterocycles. The first-order chi connectivity index (χ1) is 13.3. The fraction of sp³-hybridized carbons (Fsp3) is 0.0500. The largest absolute Gasteiger partial charge is 0.348 e. The lowest BCUT2D eigenvalue weighted by Gasteiger charge is -2.10. The van der Waals surface area contributed by atoms with Crippen molar-refractivity contribution in [2.24, 2.45) is 0 Å². The summed E-state index contributed by atoms with van der Waals surface area (Å²) in [5.41, 5.74) is 1.06. The number of halogens is 2. The normalized spacial score (nSPS) is 11.1. The van der Waals surface area contributed by atoms with Gasteiger partial charge in [-0.05, 0) is 60.2 Å². The molecule has 0 aliphatic heterocycles. The van der Waals surface area contributed by atoms with Crippen molar-refractivity contribution in [3.05, 3.63) is 95.6 Å². The molecule has 0 radical (unpaired) electrons. The highest BCUT2D eigenvalue weighted by Crippen LogP contribution is 2.17. The van der Waals surface area contributed by atoms with Crippen LogP contribution in [-0.2, 0) is 16.6 Å². The number of carbonyl (C=O) groups excluding carboxylic acids is 1. The Labute approximate surface area is 161 Å². The molecule has 0 saturated heterocycles. The minimum Gasteiger partial charge on any atom is -0.348 e. The molecular weight excluding hydrogens is 386 g/mol. The van der Waals surface area contributed by atoms with Crippen LogP contribution < -0.4 is 10.0 Å². The highest BCUT2D eigenvalue weighted by molar-refractivity contribution is 7.92. The average molecular weight is 402 g/mol. The molecule has 0 aliphatic carbocycles. The van der Waals surface area contributed by atoms with E-state index in [9.17, 15) is 22.0 Å². The van der Waals surface area contributed by atoms with Crippen molar-refractivity contribution < 1.29 is 22.0 Å². The van der Waals surface area contributed by atoms with Gasteiger partial charge >= 0.3 is 0 Å². The van der Waals surface area contributed by atoms with Crippen molar-refractivity contribution in [1.82, 2.24) is 5.32 Å². The molecule has 28 heavy (non-hydrogen) atoms. The lowest BCUT2D eigenvalue weighted by molar-refractivity contribution is 0.0950. The van der Waals surface area contributed by atoms with Gasteiger partial charge in [-0.1, -0.05) is 18.2 Å². The van der Waals surface area contributed by atoms with Crippen LogP contribution in [0.3, 0.4) is 0 Å². The Morgan fingerprint density at radius 2 is 1.46 bits per heavy atom. The summed E-state index contributed by atoms with van der Waals surface area (Å²) in [4.78, 5) is 12.2. The maximum atomic E-state index is 13.0. The van der Waals surface area contributed by atoms with E-state index in [0.717, 1.165) is 12.1 Å². The van der Waals surface area contributed by atoms with E-state index in [-0.39, 0.29) is 28.5 Å². The lowest BCUT2D eigenvalue weighted by Crippen LogP contribution is -2.23. The molecule has 3 aromatic rings. The number of amides is 1. The Morgan fingerprint density at radius 3 is 2.11 bits per heavy atom. The minimum absolute atomic E-state index is 0.105. The molecule has 8 heteroatoms. The van der Waals surface area contributed by atoms with Crippen LogP contribution in [0.5, 0.6) is 0 Å². The standard InChI is InChI=1S/C20H16F2N2O3S/c21-16-6-4-14(5-7-16)13-23-20(25)15-2-1-3-19(12-15)28(26,27)24-18-10-8-17(22)9-11-18/h1-12,24H,13H2,(H,23,25). The molecule has 0 unspecified atom stereocenters. The molecule has 3 rings (SSSR count). The van der Waals surface area contributed by atoms with Crippen molar-refractivity contribution in [1.29, 1.82) is 0 Å². The second-order valence-electron chi connectivity index (χ2n) is 5.95. The van der Waals surface area contributed by atoms with Gasteiger partial charge in [-0.15, -0.1) is 0 Å². The SMILES string of the molecule is O=C(NCc1ccc(F)cc1)c1cccc(S(=O)(=O)Nc2ccc(F)cc2)c1. The van der Waals surface area contributed by atoms with Crippen molar-refractivity contribution in [3.8, 4) is 0 Å². The van der Waals surface area contributed by atoms with Gasteiger partial charge in [0, 0.05) is 17.8 Å². The number of carbonyl (C=O) groups is 1. The number of anilines is 1. The number of hydrogen-bond acceptors (Lipinski definition) is 3. The molecule has 0 bridgehead atoms. The number of rotatable bonds is 6. The van der Waals surface area contributed by atoms with Crippen LogP contribution in [0.25, 0.3) is 0 Å². The summed E-state index contributed by atoms with van der Waals surface area (Å²) < 4.78 is 53.2. The molecule has 0 spiro atoms. The third kappa shape index (κ3) is 4.92. The maximum absolute atomic E-state index is 13.0. The van der Waals surface area contributed by atoms with E-state index in [0.29, 0.717) is 5.56 Å². The van der Waals surface area contributed by atoms with Crippen LogP contribution in [-0.4, -0.2) is 14.3 Å². The molecule has 144 valence electrons. The summed E-state index contributed by atoms with van der Waals surface area (Å²) in [5.74, 6) is -1.33. The summed E-state index contributed by atoms with van der Waals surface area (Å²) in [7, 11) is -3.95. The molecule has 0 saturated carbocycles. The average Bonchev–Trinajstić information content (AvgIpc) is 2.69. The molecule has 0 atom stereocenters. The van der Waals surface area contributed by atoms with Crippen LogP contribution in [0.1, 0.15) is 15.9 Å². The molecular formula is C20H16F2N2O3S. The summed E-state index contributed by atoms with van der Waals surface area (Å²) in [6.45, 7) is 0.171. The fourth-order valence-electron chi connectivity index (χ4n) is 2.42. The quantitative estimate of drug-likeness (QED) is 0.660. The van der Waals surface area contributed by atoms with Crippen molar-refractivity contribution in [2.45, 2.75) is 11.4 Å². The van der Waals surface area contributed by atoms with Gasteiger partial charge in [0.1, 0.15) is 11.6 Å². The smallest absolute Gasteiger partial charge is 0.261 e. The Balaban J connectivity index is 1.72. The molecule has 1 amide bonds. The topological polar surface area (TPSA) is 75.3 Å². The zero-order valence-corrected chi connectivity index (χ0v) is 15.3. The van der Waals surface area contributed by atoms with E-state index in [1.807, 2.05) is 0 Å². The van der Waals surface area contributed by atoms with Crippen LogP contribution in [0.2, 0.25) is 0 Å². The van der Waals surface area contributed by atoms with Crippen LogP contribution in [0, 0.1) is 11.6 Å². The first kappa shape index (κ1) is 19.5. The van der Waals surface area contributed by atoms with Gasteiger partial charge in [-0.2, -0.15) is 0 Å². The predicted octanol–water partition coefficient (Wildman–Crippen LogP) is 3.70. The van der Waals surface area contributed by atoms with Crippen molar-refractivity contribution in [2.75, 3.05) is 4.72 Å². The van der Waals surface area contributed by atoms with E-state index in [1.165, 1.54) is 48.5 Å². The zero-order chi connectivity index (χ0) is 20.1. The molecule has 0 aliphatic rings. The van der Waals surface area contributed by atoms with Gasteiger partial charge in [-0.3, -0.25) is 9.52 Å². The first-order valence-electron chi connectivity index (χ1n) is 8.24. The monoisotopic (exact) mass is 402 g/mol. The molecule has 0 heterocycles. The van der Waals surface area contributed by atoms with E-state index >= 15 is 0 Å². The predicted molar refractivity (Wildman–Crippen MR) is 101 cm³/mol. The molecule has 0 fully saturated rings. The summed E-state index contributed by atoms with van der Waals surface area (Å²) in [6, 6.07) is 16.1. The van der Waals surface area contributed by atoms with Crippen molar-refractivity contribution in [3.63, 3.8) is 0 Å². The minimum atomic E-state index is -3.95. The van der Waals surface area contributed by atoms with E-state index in [4.69, 9.17) is 0 Å². The molecule has 5 nitrogen and oxygen atoms in total. The van der Waals surface area contributed by atoms with Gasteiger partial charge in [0.15, 0.2) is 0 Å². The second kappa shape index (κ2) is 8.18. The van der Waals surface area contributed by atoms with Gasteiger partial charge in [0.25, 0.3) is 15.9 Å². The highest BCUT2D eigenvalue weighted by Gasteiger charge is 2.16. The third-order valence-electron chi connectivity index (χ3n) is 3.87. The zero-order valence-electron chi connectivity index (χ0n) is 14.5. The van der Waals surface area contributed by atoms with E-state index < -0.39 is 21.7 Å². The van der Waals surface area contributed by atoms with Crippen LogP contribution in [0.15, 0.2) is 77.7 Å². The van der Waals surface area contributed by atoms with Crippen molar-refractivity contribution >= 4 is 21.6 Å². The fourth-order valence-corrected chi connectivity index (χ4v) is 3.53. The third-order valence-corrected chi connectivity index (χ3v) is 5.25. The lowest BCUT2D eigenvalue weighted by atomic mass is 10.2. The highest BCUT2D eigenvalue weighted by atomic mass is 32.2. The Bertz CT molecular complexity index is 1080.